The molecule has 0 bridgehead atoms. The highest BCUT2D eigenvalue weighted by Crippen LogP contribution is 2.22. The summed E-state index contributed by atoms with van der Waals surface area (Å²) in [6.07, 6.45) is 1.47. The fourth-order valence-electron chi connectivity index (χ4n) is 1.19. The monoisotopic (exact) mass is 230 g/mol. The van der Waals surface area contributed by atoms with Crippen molar-refractivity contribution in [3.05, 3.63) is 11.2 Å². The fourth-order valence-corrected chi connectivity index (χ4v) is 1.32. The number of aromatic nitrogens is 2. The highest BCUT2D eigenvalue weighted by molar-refractivity contribution is 6.32. The van der Waals surface area contributed by atoms with Crippen molar-refractivity contribution in [1.82, 2.24) is 9.97 Å². The second-order valence-electron chi connectivity index (χ2n) is 3.87. The van der Waals surface area contributed by atoms with Crippen molar-refractivity contribution in [2.75, 3.05) is 24.8 Å². The second-order valence-corrected chi connectivity index (χ2v) is 4.27. The van der Waals surface area contributed by atoms with Crippen molar-refractivity contribution >= 4 is 23.4 Å². The van der Waals surface area contributed by atoms with E-state index >= 15 is 0 Å². The molecule has 0 aliphatic heterocycles. The van der Waals surface area contributed by atoms with Gasteiger partial charge < -0.3 is 15.8 Å². The maximum atomic E-state index is 5.92. The number of rotatable bonds is 4. The van der Waals surface area contributed by atoms with Gasteiger partial charge in [-0.3, -0.25) is 0 Å². The minimum absolute atomic E-state index is 0.190. The molecule has 0 saturated carbocycles. The summed E-state index contributed by atoms with van der Waals surface area (Å²) >= 11 is 5.92. The third-order valence-corrected chi connectivity index (χ3v) is 2.00. The number of hydrogen-bond acceptors (Lipinski definition) is 5. The summed E-state index contributed by atoms with van der Waals surface area (Å²) in [7, 11) is 1.64. The van der Waals surface area contributed by atoms with E-state index < -0.39 is 0 Å². The molecular formula is C9H15ClN4O. The largest absolute Gasteiger partial charge is 0.382 e. The molecule has 1 rings (SSSR count). The van der Waals surface area contributed by atoms with Gasteiger partial charge in [-0.05, 0) is 13.8 Å². The van der Waals surface area contributed by atoms with Crippen LogP contribution in [0.5, 0.6) is 0 Å². The molecule has 1 aromatic heterocycles. The molecule has 3 N–H and O–H groups in total. The van der Waals surface area contributed by atoms with Gasteiger partial charge in [0.15, 0.2) is 5.82 Å². The molecule has 15 heavy (non-hydrogen) atoms. The van der Waals surface area contributed by atoms with Gasteiger partial charge in [0.25, 0.3) is 0 Å². The van der Waals surface area contributed by atoms with E-state index in [1.54, 1.807) is 7.11 Å². The number of nitrogen functional groups attached to an aromatic ring is 1. The molecular weight excluding hydrogens is 216 g/mol. The zero-order valence-corrected chi connectivity index (χ0v) is 9.80. The third kappa shape index (κ3) is 3.53. The van der Waals surface area contributed by atoms with Crippen LogP contribution in [0.25, 0.3) is 0 Å². The van der Waals surface area contributed by atoms with E-state index in [0.717, 1.165) is 0 Å². The molecule has 1 aromatic rings. The van der Waals surface area contributed by atoms with Crippen molar-refractivity contribution in [2.45, 2.75) is 19.4 Å². The van der Waals surface area contributed by atoms with Gasteiger partial charge in [0.1, 0.15) is 5.02 Å². The molecule has 5 nitrogen and oxygen atoms in total. The average molecular weight is 231 g/mol. The Balaban J connectivity index is 2.83. The molecule has 0 aliphatic carbocycles. The molecule has 0 saturated heterocycles. The third-order valence-electron chi connectivity index (χ3n) is 1.72. The lowest BCUT2D eigenvalue weighted by atomic mass is 10.1. The van der Waals surface area contributed by atoms with Crippen LogP contribution in [-0.4, -0.2) is 29.2 Å². The normalized spacial score (nSPS) is 11.5. The van der Waals surface area contributed by atoms with E-state index in [1.165, 1.54) is 6.20 Å². The SMILES string of the molecule is COCC(C)(C)Nc1nc(N)ncc1Cl. The molecule has 0 amide bonds. The smallest absolute Gasteiger partial charge is 0.222 e. The van der Waals surface area contributed by atoms with Crippen LogP contribution in [0.2, 0.25) is 5.02 Å². The molecule has 0 unspecified atom stereocenters. The Morgan fingerprint density at radius 1 is 1.60 bits per heavy atom. The summed E-state index contributed by atoms with van der Waals surface area (Å²) in [5.41, 5.74) is 5.20. The van der Waals surface area contributed by atoms with Crippen molar-refractivity contribution in [1.29, 1.82) is 0 Å². The quantitative estimate of drug-likeness (QED) is 0.821. The Kier molecular flexibility index (Phi) is 3.71. The molecule has 0 fully saturated rings. The van der Waals surface area contributed by atoms with Gasteiger partial charge in [0, 0.05) is 7.11 Å². The highest BCUT2D eigenvalue weighted by atomic mass is 35.5. The number of halogens is 1. The van der Waals surface area contributed by atoms with Crippen LogP contribution >= 0.6 is 11.6 Å². The van der Waals surface area contributed by atoms with Gasteiger partial charge in [-0.15, -0.1) is 0 Å². The number of nitrogens with one attached hydrogen (secondary N) is 1. The van der Waals surface area contributed by atoms with Gasteiger partial charge in [-0.25, -0.2) is 4.98 Å². The van der Waals surface area contributed by atoms with E-state index in [4.69, 9.17) is 22.1 Å². The Morgan fingerprint density at radius 2 is 2.27 bits per heavy atom. The fraction of sp³-hybridized carbons (Fsp3) is 0.556. The Hall–Kier alpha value is -1.07. The molecule has 0 atom stereocenters. The van der Waals surface area contributed by atoms with Crippen LogP contribution in [-0.2, 0) is 4.74 Å². The molecule has 0 radical (unpaired) electrons. The lowest BCUT2D eigenvalue weighted by molar-refractivity contribution is 0.158. The first-order valence-electron chi connectivity index (χ1n) is 4.50. The molecule has 1 heterocycles. The van der Waals surface area contributed by atoms with Crippen LogP contribution in [0.1, 0.15) is 13.8 Å². The van der Waals surface area contributed by atoms with Crippen molar-refractivity contribution in [3.8, 4) is 0 Å². The number of ether oxygens (including phenoxy) is 1. The molecule has 0 aliphatic rings. The van der Waals surface area contributed by atoms with Gasteiger partial charge in [0.05, 0.1) is 18.3 Å². The first kappa shape index (κ1) is 12.0. The number of hydrogen-bond donors (Lipinski definition) is 2. The minimum Gasteiger partial charge on any atom is -0.382 e. The van der Waals surface area contributed by atoms with Crippen molar-refractivity contribution < 1.29 is 4.74 Å². The van der Waals surface area contributed by atoms with Crippen LogP contribution in [0, 0.1) is 0 Å². The predicted molar refractivity (Wildman–Crippen MR) is 61.0 cm³/mol. The van der Waals surface area contributed by atoms with Gasteiger partial charge in [-0.2, -0.15) is 4.98 Å². The van der Waals surface area contributed by atoms with Crippen LogP contribution in [0.3, 0.4) is 0 Å². The van der Waals surface area contributed by atoms with Crippen molar-refractivity contribution in [2.24, 2.45) is 0 Å². The Labute approximate surface area is 94.0 Å². The maximum absolute atomic E-state index is 5.92. The van der Waals surface area contributed by atoms with Crippen LogP contribution in [0.4, 0.5) is 11.8 Å². The maximum Gasteiger partial charge on any atom is 0.222 e. The summed E-state index contributed by atoms with van der Waals surface area (Å²) in [6.45, 7) is 4.49. The Morgan fingerprint density at radius 3 is 2.87 bits per heavy atom. The van der Waals surface area contributed by atoms with Crippen molar-refractivity contribution in [3.63, 3.8) is 0 Å². The molecule has 0 aromatic carbocycles. The second kappa shape index (κ2) is 4.63. The zero-order valence-electron chi connectivity index (χ0n) is 9.04. The van der Waals surface area contributed by atoms with Crippen LogP contribution < -0.4 is 11.1 Å². The first-order chi connectivity index (χ1) is 6.94. The van der Waals surface area contributed by atoms with E-state index in [0.29, 0.717) is 17.4 Å². The van der Waals surface area contributed by atoms with Gasteiger partial charge in [0.2, 0.25) is 5.95 Å². The summed E-state index contributed by atoms with van der Waals surface area (Å²) in [5.74, 6) is 0.710. The van der Waals surface area contributed by atoms with Crippen LogP contribution in [0.15, 0.2) is 6.20 Å². The summed E-state index contributed by atoms with van der Waals surface area (Å²) in [6, 6.07) is 0. The lowest BCUT2D eigenvalue weighted by Crippen LogP contribution is -2.36. The molecule has 0 spiro atoms. The Bertz CT molecular complexity index is 343. The summed E-state index contributed by atoms with van der Waals surface area (Å²) in [4.78, 5) is 7.79. The average Bonchev–Trinajstić information content (AvgIpc) is 2.10. The topological polar surface area (TPSA) is 73.1 Å². The van der Waals surface area contributed by atoms with E-state index in [-0.39, 0.29) is 11.5 Å². The molecule has 84 valence electrons. The summed E-state index contributed by atoms with van der Waals surface area (Å²) < 4.78 is 5.07. The van der Waals surface area contributed by atoms with E-state index in [9.17, 15) is 0 Å². The standard InChI is InChI=1S/C9H15ClN4O/c1-9(2,5-15-3)14-7-6(10)4-12-8(11)13-7/h4H,5H2,1-3H3,(H3,11,12,13,14). The van der Waals surface area contributed by atoms with Gasteiger partial charge >= 0.3 is 0 Å². The summed E-state index contributed by atoms with van der Waals surface area (Å²) in [5, 5.41) is 3.58. The van der Waals surface area contributed by atoms with E-state index in [2.05, 4.69) is 15.3 Å². The minimum atomic E-state index is -0.265. The lowest BCUT2D eigenvalue weighted by Gasteiger charge is -2.26. The first-order valence-corrected chi connectivity index (χ1v) is 4.87. The predicted octanol–water partition coefficient (Wildman–Crippen LogP) is 1.55. The highest BCUT2D eigenvalue weighted by Gasteiger charge is 2.19. The van der Waals surface area contributed by atoms with E-state index in [1.807, 2.05) is 13.8 Å². The number of anilines is 2. The number of nitrogens with two attached hydrogens (primary N) is 1. The number of methoxy groups -OCH3 is 1. The van der Waals surface area contributed by atoms with Gasteiger partial charge in [-0.1, -0.05) is 11.6 Å². The molecule has 6 heteroatoms. The number of nitrogens with zero attached hydrogens (tertiary/aromatic N) is 2. The zero-order chi connectivity index (χ0) is 11.5.